The fourth-order valence-electron chi connectivity index (χ4n) is 4.48. The number of nitrogens with zero attached hydrogens (tertiary/aromatic N) is 1. The van der Waals surface area contributed by atoms with E-state index in [0.29, 0.717) is 18.1 Å². The zero-order valence-corrected chi connectivity index (χ0v) is 16.9. The maximum absolute atomic E-state index is 9.86. The van der Waals surface area contributed by atoms with Crippen LogP contribution in [0.1, 0.15) is 62.1 Å². The Hall–Kier alpha value is -2.73. The average molecular weight is 373 g/mol. The Balaban J connectivity index is 1.82. The van der Waals surface area contributed by atoms with E-state index in [-0.39, 0.29) is 5.92 Å². The van der Waals surface area contributed by atoms with Gasteiger partial charge in [0.1, 0.15) is 11.5 Å². The lowest BCUT2D eigenvalue weighted by Crippen LogP contribution is -2.12. The number of unbranched alkanes of at least 4 members (excludes halogenated alkanes) is 1. The van der Waals surface area contributed by atoms with Crippen LogP contribution in [-0.4, -0.2) is 13.7 Å². The molecule has 0 aliphatic heterocycles. The van der Waals surface area contributed by atoms with E-state index >= 15 is 0 Å². The van der Waals surface area contributed by atoms with Crippen LogP contribution in [0.4, 0.5) is 0 Å². The van der Waals surface area contributed by atoms with Crippen LogP contribution in [0.5, 0.6) is 5.75 Å². The number of methoxy groups -OCH3 is 1. The number of rotatable bonds is 8. The van der Waals surface area contributed by atoms with E-state index in [2.05, 4.69) is 50.3 Å². The van der Waals surface area contributed by atoms with Crippen LogP contribution in [0.15, 0.2) is 35.6 Å². The summed E-state index contributed by atoms with van der Waals surface area (Å²) in [5.74, 6) is 2.13. The monoisotopic (exact) mass is 373 g/mol. The third-order valence-corrected chi connectivity index (χ3v) is 6.12. The van der Waals surface area contributed by atoms with Gasteiger partial charge in [-0.15, -0.1) is 0 Å². The first-order valence-corrected chi connectivity index (χ1v) is 10.3. The predicted octanol–water partition coefficient (Wildman–Crippen LogP) is 6.44. The molecule has 5 rings (SSSR count). The third-order valence-electron chi connectivity index (χ3n) is 6.12. The smallest absolute Gasteiger partial charge is 0.127 e. The number of hydrogen-bond acceptors (Lipinski definition) is 3. The van der Waals surface area contributed by atoms with Gasteiger partial charge >= 0.3 is 0 Å². The van der Waals surface area contributed by atoms with E-state index in [1.165, 1.54) is 24.6 Å². The first-order valence-electron chi connectivity index (χ1n) is 10.3. The summed E-state index contributed by atoms with van der Waals surface area (Å²) in [4.78, 5) is 0. The van der Waals surface area contributed by atoms with Gasteiger partial charge < -0.3 is 9.47 Å². The summed E-state index contributed by atoms with van der Waals surface area (Å²) in [5.41, 5.74) is 3.99. The zero-order chi connectivity index (χ0) is 19.7. The van der Waals surface area contributed by atoms with Crippen LogP contribution < -0.4 is 4.74 Å². The summed E-state index contributed by atoms with van der Waals surface area (Å²) in [5, 5.41) is 12.2. The molecule has 0 N–H and O–H groups in total. The van der Waals surface area contributed by atoms with Crippen molar-refractivity contribution >= 4 is 22.9 Å². The highest BCUT2D eigenvalue weighted by Crippen LogP contribution is 2.49. The molecule has 4 bridgehead atoms. The third kappa shape index (κ3) is 2.98. The molecule has 144 valence electrons. The summed E-state index contributed by atoms with van der Waals surface area (Å²) in [6.07, 6.45) is 8.87. The largest absolute Gasteiger partial charge is 0.500 e. The van der Waals surface area contributed by atoms with Gasteiger partial charge in [0.05, 0.1) is 25.7 Å². The second kappa shape index (κ2) is 7.72. The van der Waals surface area contributed by atoms with Gasteiger partial charge in [0, 0.05) is 11.1 Å². The van der Waals surface area contributed by atoms with Crippen molar-refractivity contribution in [2.45, 2.75) is 45.4 Å². The Morgan fingerprint density at radius 3 is 2.75 bits per heavy atom. The fraction of sp³-hybridized carbons (Fsp3) is 0.400. The average Bonchev–Trinajstić information content (AvgIpc) is 2.97. The molecule has 2 unspecified atom stereocenters. The van der Waals surface area contributed by atoms with Crippen molar-refractivity contribution in [3.05, 3.63) is 52.3 Å². The van der Waals surface area contributed by atoms with Crippen LogP contribution in [0.3, 0.4) is 0 Å². The van der Waals surface area contributed by atoms with Crippen molar-refractivity contribution in [2.75, 3.05) is 13.7 Å². The molecule has 0 fully saturated rings. The van der Waals surface area contributed by atoms with Gasteiger partial charge in [0.2, 0.25) is 0 Å². The lowest BCUT2D eigenvalue weighted by molar-refractivity contribution is 0.233. The minimum atomic E-state index is -0.133. The molecular weight excluding hydrogens is 346 g/mol. The number of hydrogen-bond donors (Lipinski definition) is 0. The molecule has 3 aliphatic rings. The summed E-state index contributed by atoms with van der Waals surface area (Å²) in [6, 6.07) is 10.9. The van der Waals surface area contributed by atoms with Gasteiger partial charge in [-0.1, -0.05) is 51.3 Å². The van der Waals surface area contributed by atoms with Gasteiger partial charge in [-0.3, -0.25) is 0 Å². The summed E-state index contributed by atoms with van der Waals surface area (Å²) >= 11 is 0. The summed E-state index contributed by atoms with van der Waals surface area (Å²) in [6.45, 7) is 5.18. The Bertz CT molecular complexity index is 1010. The van der Waals surface area contributed by atoms with E-state index in [4.69, 9.17) is 9.47 Å². The van der Waals surface area contributed by atoms with Gasteiger partial charge in [-0.25, -0.2) is 0 Å². The number of ether oxygens (including phenoxy) is 2. The predicted molar refractivity (Wildman–Crippen MR) is 114 cm³/mol. The van der Waals surface area contributed by atoms with E-state index in [1.54, 1.807) is 7.11 Å². The molecule has 2 atom stereocenters. The van der Waals surface area contributed by atoms with Crippen LogP contribution in [0.2, 0.25) is 0 Å². The van der Waals surface area contributed by atoms with E-state index in [9.17, 15) is 5.26 Å². The molecule has 0 spiro atoms. The standard InChI is InChI=1S/C25H27NO2/c1-4-6-8-16(5-2)15-28-22-12-17-9-7-10-19-24(17)21-13-23(27-3)25(19)18(14-26)11-20(21)22/h7,9-13,16,25H,4-6,8,15H2,1-3H3. The van der Waals surface area contributed by atoms with Crippen molar-refractivity contribution in [1.29, 1.82) is 5.26 Å². The van der Waals surface area contributed by atoms with Gasteiger partial charge in [0.15, 0.2) is 0 Å². The number of allylic oxidation sites excluding steroid dienone is 1. The van der Waals surface area contributed by atoms with Crippen molar-refractivity contribution < 1.29 is 9.47 Å². The second-order valence-electron chi connectivity index (χ2n) is 7.77. The molecule has 0 saturated carbocycles. The molecule has 0 radical (unpaired) electrons. The molecule has 2 aromatic rings. The molecule has 3 aliphatic carbocycles. The fourth-order valence-corrected chi connectivity index (χ4v) is 4.48. The summed E-state index contributed by atoms with van der Waals surface area (Å²) < 4.78 is 12.0. The maximum atomic E-state index is 9.86. The molecular formula is C25H27NO2. The highest BCUT2D eigenvalue weighted by atomic mass is 16.5. The van der Waals surface area contributed by atoms with Crippen LogP contribution in [-0.2, 0) is 4.74 Å². The lowest BCUT2D eigenvalue weighted by atomic mass is 9.83. The first-order chi connectivity index (χ1) is 13.7. The minimum Gasteiger partial charge on any atom is -0.500 e. The molecule has 28 heavy (non-hydrogen) atoms. The molecule has 3 nitrogen and oxygen atoms in total. The van der Waals surface area contributed by atoms with Crippen molar-refractivity contribution in [2.24, 2.45) is 5.92 Å². The highest BCUT2D eigenvalue weighted by Gasteiger charge is 2.33. The van der Waals surface area contributed by atoms with Gasteiger partial charge in [-0.05, 0) is 52.5 Å². The Labute approximate surface area is 167 Å². The van der Waals surface area contributed by atoms with E-state index in [0.717, 1.165) is 40.0 Å². The van der Waals surface area contributed by atoms with Crippen LogP contribution >= 0.6 is 0 Å². The van der Waals surface area contributed by atoms with Crippen LogP contribution in [0.25, 0.3) is 22.9 Å². The van der Waals surface area contributed by atoms with Gasteiger partial charge in [-0.2, -0.15) is 5.26 Å². The quantitative estimate of drug-likeness (QED) is 0.535. The minimum absolute atomic E-state index is 0.133. The molecule has 3 heteroatoms. The Morgan fingerprint density at radius 1 is 1.18 bits per heavy atom. The van der Waals surface area contributed by atoms with Crippen molar-refractivity contribution in [3.8, 4) is 11.8 Å². The first kappa shape index (κ1) is 18.6. The Morgan fingerprint density at radius 2 is 2.04 bits per heavy atom. The molecule has 0 saturated heterocycles. The van der Waals surface area contributed by atoms with Gasteiger partial charge in [0.25, 0.3) is 0 Å². The van der Waals surface area contributed by atoms with Crippen LogP contribution in [0, 0.1) is 17.2 Å². The SMILES string of the molecule is CCCCC(CC)COc1cc2cccc3c2c2c1C=C(C#N)C3C(OC)=C2. The Kier molecular flexibility index (Phi) is 5.13. The van der Waals surface area contributed by atoms with Crippen molar-refractivity contribution in [3.63, 3.8) is 0 Å². The van der Waals surface area contributed by atoms with E-state index in [1.807, 2.05) is 6.08 Å². The summed E-state index contributed by atoms with van der Waals surface area (Å²) in [7, 11) is 1.68. The number of nitriles is 1. The van der Waals surface area contributed by atoms with Crippen molar-refractivity contribution in [1.82, 2.24) is 0 Å². The molecule has 0 aromatic heterocycles. The normalized spacial score (nSPS) is 17.7. The molecule has 2 aromatic carbocycles. The molecule has 0 amide bonds. The van der Waals surface area contributed by atoms with E-state index < -0.39 is 0 Å². The zero-order valence-electron chi connectivity index (χ0n) is 16.9. The lowest BCUT2D eigenvalue weighted by Gasteiger charge is -2.24. The highest BCUT2D eigenvalue weighted by molar-refractivity contribution is 6.03. The number of benzene rings is 2. The molecule has 0 heterocycles. The maximum Gasteiger partial charge on any atom is 0.127 e. The second-order valence-corrected chi connectivity index (χ2v) is 7.77. The topological polar surface area (TPSA) is 42.2 Å².